The quantitative estimate of drug-likeness (QED) is 0.390. The number of amides is 1. The van der Waals surface area contributed by atoms with Gasteiger partial charge in [0.05, 0.1) is 17.6 Å². The molecule has 0 atom stereocenters. The molecule has 5 nitrogen and oxygen atoms in total. The molecule has 3 rings (SSSR count). The molecule has 0 spiro atoms. The fourth-order valence-electron chi connectivity index (χ4n) is 3.58. The van der Waals surface area contributed by atoms with Gasteiger partial charge in [0.25, 0.3) is 0 Å². The van der Waals surface area contributed by atoms with E-state index in [1.54, 1.807) is 0 Å². The van der Waals surface area contributed by atoms with Crippen molar-refractivity contribution in [3.05, 3.63) is 72.1 Å². The van der Waals surface area contributed by atoms with Crippen LogP contribution in [0.2, 0.25) is 0 Å². The first-order chi connectivity index (χ1) is 14.5. The summed E-state index contributed by atoms with van der Waals surface area (Å²) in [5.41, 5.74) is 4.54. The maximum atomic E-state index is 11.4. The molecule has 158 valence electrons. The number of benzene rings is 2. The Hall–Kier alpha value is -3.08. The monoisotopic (exact) mass is 405 g/mol. The van der Waals surface area contributed by atoms with E-state index in [0.717, 1.165) is 35.6 Å². The van der Waals surface area contributed by atoms with E-state index < -0.39 is 0 Å². The van der Waals surface area contributed by atoms with Crippen LogP contribution in [0.25, 0.3) is 11.0 Å². The van der Waals surface area contributed by atoms with Crippen LogP contribution in [0.5, 0.6) is 5.75 Å². The lowest BCUT2D eigenvalue weighted by molar-refractivity contribution is -0.116. The summed E-state index contributed by atoms with van der Waals surface area (Å²) in [7, 11) is 0. The van der Waals surface area contributed by atoms with Crippen LogP contribution in [0.3, 0.4) is 0 Å². The van der Waals surface area contributed by atoms with E-state index in [1.165, 1.54) is 17.2 Å². The van der Waals surface area contributed by atoms with Gasteiger partial charge < -0.3 is 14.6 Å². The predicted molar refractivity (Wildman–Crippen MR) is 122 cm³/mol. The molecule has 0 aliphatic heterocycles. The van der Waals surface area contributed by atoms with Crippen LogP contribution in [-0.4, -0.2) is 28.6 Å². The molecule has 0 unspecified atom stereocenters. The molecule has 30 heavy (non-hydrogen) atoms. The van der Waals surface area contributed by atoms with Crippen molar-refractivity contribution >= 4 is 16.9 Å². The van der Waals surface area contributed by atoms with Crippen LogP contribution >= 0.6 is 0 Å². The molecule has 0 radical (unpaired) electrons. The van der Waals surface area contributed by atoms with Crippen LogP contribution in [0, 0.1) is 6.92 Å². The summed E-state index contributed by atoms with van der Waals surface area (Å²) in [6.45, 7) is 11.9. The van der Waals surface area contributed by atoms with Crippen molar-refractivity contribution in [3.8, 4) is 5.75 Å². The lowest BCUT2D eigenvalue weighted by atomic mass is 10.0. The SMILES string of the molecule is C=CC(=O)NCCc1nc2ccccc2n1CCCOc1cc(C)ccc1C(C)C. The molecule has 0 aliphatic carbocycles. The second kappa shape index (κ2) is 10.1. The third-order valence-corrected chi connectivity index (χ3v) is 5.14. The fraction of sp³-hybridized carbons (Fsp3) is 0.360. The summed E-state index contributed by atoms with van der Waals surface area (Å²) in [6.07, 6.45) is 2.83. The third-order valence-electron chi connectivity index (χ3n) is 5.14. The molecule has 0 bridgehead atoms. The van der Waals surface area contributed by atoms with Gasteiger partial charge in [-0.15, -0.1) is 0 Å². The highest BCUT2D eigenvalue weighted by Gasteiger charge is 2.12. The number of imidazole rings is 1. The summed E-state index contributed by atoms with van der Waals surface area (Å²) in [5.74, 6) is 2.22. The molecule has 0 aliphatic rings. The molecular formula is C25H31N3O2. The number of nitrogens with zero attached hydrogens (tertiary/aromatic N) is 2. The lowest BCUT2D eigenvalue weighted by Gasteiger charge is -2.15. The molecule has 0 fully saturated rings. The average Bonchev–Trinajstić information content (AvgIpc) is 3.08. The van der Waals surface area contributed by atoms with E-state index in [9.17, 15) is 4.79 Å². The minimum absolute atomic E-state index is 0.162. The van der Waals surface area contributed by atoms with E-state index in [0.29, 0.717) is 25.5 Å². The summed E-state index contributed by atoms with van der Waals surface area (Å²) in [6, 6.07) is 14.6. The first-order valence-corrected chi connectivity index (χ1v) is 10.6. The molecule has 3 aromatic rings. The van der Waals surface area contributed by atoms with Crippen LogP contribution in [0.4, 0.5) is 0 Å². The summed E-state index contributed by atoms with van der Waals surface area (Å²) >= 11 is 0. The van der Waals surface area contributed by atoms with E-state index in [2.05, 4.69) is 61.5 Å². The van der Waals surface area contributed by atoms with Gasteiger partial charge in [0.2, 0.25) is 5.91 Å². The van der Waals surface area contributed by atoms with Crippen LogP contribution in [0.15, 0.2) is 55.1 Å². The first-order valence-electron chi connectivity index (χ1n) is 10.6. The summed E-state index contributed by atoms with van der Waals surface area (Å²) in [5, 5.41) is 2.83. The number of carbonyl (C=O) groups is 1. The van der Waals surface area contributed by atoms with Gasteiger partial charge in [-0.3, -0.25) is 4.79 Å². The molecule has 1 N–H and O–H groups in total. The van der Waals surface area contributed by atoms with Gasteiger partial charge in [0, 0.05) is 19.5 Å². The Labute approximate surface area is 178 Å². The Morgan fingerprint density at radius 2 is 2.07 bits per heavy atom. The van der Waals surface area contributed by atoms with Gasteiger partial charge in [0.1, 0.15) is 11.6 Å². The highest BCUT2D eigenvalue weighted by molar-refractivity contribution is 5.86. The number of ether oxygens (including phenoxy) is 1. The van der Waals surface area contributed by atoms with Crippen LogP contribution in [-0.2, 0) is 17.8 Å². The van der Waals surface area contributed by atoms with E-state index in [1.807, 2.05) is 18.2 Å². The normalized spacial score (nSPS) is 11.1. The zero-order valence-electron chi connectivity index (χ0n) is 18.1. The molecule has 2 aromatic carbocycles. The van der Waals surface area contributed by atoms with Crippen molar-refractivity contribution in [1.82, 2.24) is 14.9 Å². The standard InChI is InChI=1S/C25H31N3O2/c1-5-25(29)26-14-13-24-27-21-9-6-7-10-22(21)28(24)15-8-16-30-23-17-19(4)11-12-20(23)18(2)3/h5-7,9-12,17-18H,1,8,13-16H2,2-4H3,(H,26,29). The molecular weight excluding hydrogens is 374 g/mol. The number of hydrogen-bond donors (Lipinski definition) is 1. The Morgan fingerprint density at radius 1 is 1.27 bits per heavy atom. The average molecular weight is 406 g/mol. The largest absolute Gasteiger partial charge is 0.493 e. The van der Waals surface area contributed by atoms with Crippen molar-refractivity contribution in [2.75, 3.05) is 13.2 Å². The van der Waals surface area contributed by atoms with E-state index in [4.69, 9.17) is 9.72 Å². The fourth-order valence-corrected chi connectivity index (χ4v) is 3.58. The zero-order valence-corrected chi connectivity index (χ0v) is 18.1. The minimum atomic E-state index is -0.162. The van der Waals surface area contributed by atoms with Gasteiger partial charge in [-0.1, -0.05) is 44.7 Å². The molecule has 0 saturated heterocycles. The number of fused-ring (bicyclic) bond motifs is 1. The molecule has 0 saturated carbocycles. The van der Waals surface area contributed by atoms with Crippen molar-refractivity contribution in [2.45, 2.75) is 46.1 Å². The Bertz CT molecular complexity index is 1020. The van der Waals surface area contributed by atoms with Gasteiger partial charge in [-0.2, -0.15) is 0 Å². The second-order valence-electron chi connectivity index (χ2n) is 7.81. The number of carbonyl (C=O) groups excluding carboxylic acids is 1. The van der Waals surface area contributed by atoms with Crippen LogP contribution in [0.1, 0.15) is 43.1 Å². The Kier molecular flexibility index (Phi) is 7.28. The summed E-state index contributed by atoms with van der Waals surface area (Å²) in [4.78, 5) is 16.2. The molecule has 1 amide bonds. The smallest absolute Gasteiger partial charge is 0.243 e. The maximum Gasteiger partial charge on any atom is 0.243 e. The Morgan fingerprint density at radius 3 is 2.83 bits per heavy atom. The zero-order chi connectivity index (χ0) is 21.5. The van der Waals surface area contributed by atoms with Crippen LogP contribution < -0.4 is 10.1 Å². The lowest BCUT2D eigenvalue weighted by Crippen LogP contribution is -2.24. The number of aromatic nitrogens is 2. The van der Waals surface area contributed by atoms with E-state index >= 15 is 0 Å². The highest BCUT2D eigenvalue weighted by Crippen LogP contribution is 2.27. The van der Waals surface area contributed by atoms with Crippen molar-refractivity contribution in [2.24, 2.45) is 0 Å². The van der Waals surface area contributed by atoms with E-state index in [-0.39, 0.29) is 5.91 Å². The number of hydrogen-bond acceptors (Lipinski definition) is 3. The first kappa shape index (κ1) is 21.6. The van der Waals surface area contributed by atoms with Gasteiger partial charge >= 0.3 is 0 Å². The number of rotatable bonds is 10. The summed E-state index contributed by atoms with van der Waals surface area (Å²) < 4.78 is 8.39. The molecule has 1 aromatic heterocycles. The Balaban J connectivity index is 1.67. The van der Waals surface area contributed by atoms with Crippen molar-refractivity contribution in [1.29, 1.82) is 0 Å². The van der Waals surface area contributed by atoms with Gasteiger partial charge in [0.15, 0.2) is 0 Å². The van der Waals surface area contributed by atoms with Gasteiger partial charge in [-0.05, 0) is 54.7 Å². The number of nitrogens with one attached hydrogen (secondary N) is 1. The van der Waals surface area contributed by atoms with Crippen molar-refractivity contribution in [3.63, 3.8) is 0 Å². The third kappa shape index (κ3) is 5.29. The highest BCUT2D eigenvalue weighted by atomic mass is 16.5. The molecule has 5 heteroatoms. The van der Waals surface area contributed by atoms with Gasteiger partial charge in [-0.25, -0.2) is 4.98 Å². The number of aryl methyl sites for hydroxylation is 2. The molecule has 1 heterocycles. The minimum Gasteiger partial charge on any atom is -0.493 e. The maximum absolute atomic E-state index is 11.4. The number of para-hydroxylation sites is 2. The predicted octanol–water partition coefficient (Wildman–Crippen LogP) is 4.78. The topological polar surface area (TPSA) is 56.2 Å². The van der Waals surface area contributed by atoms with Crippen molar-refractivity contribution < 1.29 is 9.53 Å². The second-order valence-corrected chi connectivity index (χ2v) is 7.81.